The maximum absolute atomic E-state index is 12.3. The maximum atomic E-state index is 12.3. The smallest absolute Gasteiger partial charge is 0.345 e. The number of nitrogens with two attached hydrogens (primary N) is 1. The first-order valence-electron chi connectivity index (χ1n) is 16.1. The Bertz CT molecular complexity index is 964. The number of amides is 1. The topological polar surface area (TPSA) is 190 Å². The summed E-state index contributed by atoms with van der Waals surface area (Å²) in [5.74, 6) is -0.666. The lowest BCUT2D eigenvalue weighted by molar-refractivity contribution is -0.138. The van der Waals surface area contributed by atoms with E-state index < -0.39 is 38.5 Å². The quantitative estimate of drug-likeness (QED) is 0.238. The zero-order valence-electron chi connectivity index (χ0n) is 28.0. The summed E-state index contributed by atoms with van der Waals surface area (Å²) < 4.78 is 81.0. The van der Waals surface area contributed by atoms with Crippen LogP contribution < -0.4 is 11.1 Å². The molecule has 42 heavy (non-hydrogen) atoms. The molecule has 4 fully saturated rings. The fraction of sp³-hybridized carbons (Fsp3) is 0.920. The number of carboxylic acids is 1. The fourth-order valence-electron chi connectivity index (χ4n) is 5.01. The summed E-state index contributed by atoms with van der Waals surface area (Å²) in [7, 11) is -12.6. The van der Waals surface area contributed by atoms with Gasteiger partial charge in [0, 0.05) is 12.5 Å². The van der Waals surface area contributed by atoms with Gasteiger partial charge >= 0.3 is 28.8 Å². The van der Waals surface area contributed by atoms with E-state index in [0.29, 0.717) is 44.4 Å². The summed E-state index contributed by atoms with van der Waals surface area (Å²) in [6.45, 7) is 6.30. The molecule has 248 valence electrons. The van der Waals surface area contributed by atoms with Crippen LogP contribution in [0.4, 0.5) is 0 Å². The molecular weight excluding hydrogens is 628 g/mol. The van der Waals surface area contributed by atoms with Crippen molar-refractivity contribution in [2.75, 3.05) is 31.7 Å². The van der Waals surface area contributed by atoms with Crippen LogP contribution >= 0.6 is 32.5 Å². The summed E-state index contributed by atoms with van der Waals surface area (Å²) in [6.07, 6.45) is 9.41. The predicted octanol–water partition coefficient (Wildman–Crippen LogP) is 5.72. The monoisotopic (exact) mass is 686 g/mol. The number of fused-ring (bicyclic) bond motifs is 1. The average molecular weight is 687 g/mol. The summed E-state index contributed by atoms with van der Waals surface area (Å²) in [5.41, 5.74) is 5.72. The molecule has 1 amide bonds. The SMILES string of the molecule is CCCP1(=O)OP(=O)(CCC)OP(=O)(CCC)O1.N[C@H]1CCC[C@@H]1OCCC(=O)O.O=C1CCO[C@H]2CCC[C@@H]2N1.[3H]P([3H])[3H]. The first-order chi connectivity index (χ1) is 21.1. The van der Waals surface area contributed by atoms with Gasteiger partial charge in [-0.3, -0.25) is 23.3 Å². The molecule has 0 aromatic rings. The highest BCUT2D eigenvalue weighted by atomic mass is 31.3. The summed E-state index contributed by atoms with van der Waals surface area (Å²) in [6, 6.07) is 0.420. The molecule has 4 N–H and O–H groups in total. The second-order valence-corrected chi connectivity index (χ2v) is 17.6. The highest BCUT2D eigenvalue weighted by molar-refractivity contribution is 7.80. The third kappa shape index (κ3) is 13.9. The Labute approximate surface area is 257 Å². The van der Waals surface area contributed by atoms with Crippen LogP contribution in [0.25, 0.3) is 0 Å². The molecule has 17 heteroatoms. The van der Waals surface area contributed by atoms with Gasteiger partial charge in [-0.25, -0.2) is 12.9 Å². The zero-order chi connectivity index (χ0) is 34.1. The number of hydrogen-bond donors (Lipinski definition) is 3. The number of carboxylic acid groups (broad SMARTS) is 1. The molecule has 2 saturated heterocycles. The van der Waals surface area contributed by atoms with Gasteiger partial charge in [0.15, 0.2) is 0 Å². The molecule has 0 unspecified atom stereocenters. The Morgan fingerprint density at radius 3 is 1.98 bits per heavy atom. The lowest BCUT2D eigenvalue weighted by Gasteiger charge is -2.33. The van der Waals surface area contributed by atoms with E-state index in [1.165, 1.54) is 6.42 Å². The number of carbonyl (C=O) groups excluding carboxylic acids is 1. The summed E-state index contributed by atoms with van der Waals surface area (Å²) in [4.78, 5) is 21.2. The number of hydrogen-bond acceptors (Lipinski definition) is 11. The second kappa shape index (κ2) is 19.4. The van der Waals surface area contributed by atoms with E-state index in [1.54, 1.807) is 20.8 Å². The van der Waals surface area contributed by atoms with Crippen LogP contribution in [0.3, 0.4) is 0 Å². The van der Waals surface area contributed by atoms with Gasteiger partial charge in [0.1, 0.15) is 0 Å². The molecule has 13 nitrogen and oxygen atoms in total. The second-order valence-electron chi connectivity index (χ2n) is 10.7. The van der Waals surface area contributed by atoms with E-state index in [0.717, 1.165) is 32.1 Å². The van der Waals surface area contributed by atoms with Crippen molar-refractivity contribution in [3.05, 3.63) is 0 Å². The van der Waals surface area contributed by atoms with Crippen LogP contribution in [-0.4, -0.2) is 76.8 Å². The molecular formula is C25H52N2O11P4. The van der Waals surface area contributed by atoms with Gasteiger partial charge < -0.3 is 25.6 Å². The van der Waals surface area contributed by atoms with E-state index in [2.05, 4.69) is 5.32 Å². The van der Waals surface area contributed by atoms with E-state index in [1.807, 2.05) is 0 Å². The molecule has 2 aliphatic heterocycles. The van der Waals surface area contributed by atoms with Crippen LogP contribution in [0.1, 0.15) is 91.4 Å². The van der Waals surface area contributed by atoms with Gasteiger partial charge in [-0.15, -0.1) is 0 Å². The molecule has 2 aliphatic carbocycles. The molecule has 4 rings (SSSR count). The lowest BCUT2D eigenvalue weighted by Crippen LogP contribution is -2.37. The molecule has 0 spiro atoms. The third-order valence-corrected chi connectivity index (χ3v) is 15.8. The molecule has 0 bridgehead atoms. The van der Waals surface area contributed by atoms with Crippen molar-refractivity contribution < 1.29 is 50.8 Å². The molecule has 4 aliphatic rings. The van der Waals surface area contributed by atoms with Crippen LogP contribution in [0.2, 0.25) is 0 Å². The number of ether oxygens (including phenoxy) is 2. The molecule has 0 aromatic carbocycles. The highest BCUT2D eigenvalue weighted by Gasteiger charge is 2.51. The first-order valence-corrected chi connectivity index (χ1v) is 20.0. The van der Waals surface area contributed by atoms with E-state index in [-0.39, 0.29) is 49.6 Å². The van der Waals surface area contributed by atoms with Crippen LogP contribution in [0.5, 0.6) is 0 Å². The normalized spacial score (nSPS) is 36.6. The average Bonchev–Trinajstić information content (AvgIpc) is 3.47. The van der Waals surface area contributed by atoms with Crippen molar-refractivity contribution in [1.29, 1.82) is 3.84 Å². The summed E-state index contributed by atoms with van der Waals surface area (Å²) >= 11 is 0. The van der Waals surface area contributed by atoms with Gasteiger partial charge in [0.05, 0.1) is 60.2 Å². The van der Waals surface area contributed by atoms with E-state index in [4.69, 9.17) is 37.1 Å². The number of rotatable bonds is 10. The Morgan fingerprint density at radius 2 is 1.52 bits per heavy atom. The van der Waals surface area contributed by atoms with Gasteiger partial charge in [-0.05, 0) is 57.8 Å². The van der Waals surface area contributed by atoms with Gasteiger partial charge in [0.25, 0.3) is 0 Å². The molecule has 4 atom stereocenters. The predicted molar refractivity (Wildman–Crippen MR) is 167 cm³/mol. The Kier molecular flexibility index (Phi) is 16.0. The zero-order valence-corrected chi connectivity index (χ0v) is 28.6. The minimum Gasteiger partial charge on any atom is -0.481 e. The van der Waals surface area contributed by atoms with Gasteiger partial charge in [-0.1, -0.05) is 20.8 Å². The highest BCUT2D eigenvalue weighted by Crippen LogP contribution is 2.82. The first kappa shape index (κ1) is 34.7. The maximum Gasteiger partial charge on any atom is 0.345 e. The standard InChI is InChI=1S/C9H21O6P3.C8H15NO3.C8H13NO2.H3P/c1-4-7-16(10)13-17(11,8-5-2)15-18(12,14-16)9-6-3;9-6-2-1-3-7(6)12-5-4-8(10)11;10-8-4-5-11-7-3-1-2-6(7)9-8;/h4-9H2,1-3H3;6-7H,1-5,9H2,(H,10,11);6-7H,1-5H2,(H,9,10);1H3/t;2*6-,7-;/m.00./s1/i;;;1T3. The molecule has 2 heterocycles. The Hall–Kier alpha value is -0.180. The Balaban J connectivity index is 0.000000328. The fourth-order valence-corrected chi connectivity index (χ4v) is 14.3. The van der Waals surface area contributed by atoms with Crippen LogP contribution in [-0.2, 0) is 45.7 Å². The van der Waals surface area contributed by atoms with Crippen molar-refractivity contribution in [3.8, 4) is 0 Å². The van der Waals surface area contributed by atoms with Crippen molar-refractivity contribution in [2.45, 2.75) is 116 Å². The third-order valence-electron chi connectivity index (χ3n) is 6.85. The van der Waals surface area contributed by atoms with Gasteiger partial charge in [0.2, 0.25) is 5.91 Å². The number of nitrogens with one attached hydrogen (secondary N) is 1. The Morgan fingerprint density at radius 1 is 1.00 bits per heavy atom. The van der Waals surface area contributed by atoms with Crippen LogP contribution in [0, 0.1) is 0 Å². The molecule has 0 radical (unpaired) electrons. The molecule has 2 saturated carbocycles. The van der Waals surface area contributed by atoms with Crippen molar-refractivity contribution in [3.63, 3.8) is 0 Å². The minimum absolute atomic E-state index is 0.0726. The minimum atomic E-state index is -3.57. The van der Waals surface area contributed by atoms with Crippen molar-refractivity contribution >= 4 is 44.4 Å². The van der Waals surface area contributed by atoms with Crippen LogP contribution in [0.15, 0.2) is 0 Å². The lowest BCUT2D eigenvalue weighted by atomic mass is 10.2. The van der Waals surface area contributed by atoms with E-state index in [9.17, 15) is 23.3 Å². The van der Waals surface area contributed by atoms with Gasteiger partial charge in [-0.2, -0.15) is 9.73 Å². The van der Waals surface area contributed by atoms with Crippen molar-refractivity contribution in [1.82, 2.24) is 5.32 Å². The van der Waals surface area contributed by atoms with Crippen molar-refractivity contribution in [2.24, 2.45) is 5.73 Å². The van der Waals surface area contributed by atoms with E-state index >= 15 is 0 Å². The number of aliphatic carboxylic acids is 1. The number of carbonyl (C=O) groups is 2. The summed E-state index contributed by atoms with van der Waals surface area (Å²) in [5, 5.41) is 11.3. The molecule has 0 aromatic heterocycles. The largest absolute Gasteiger partial charge is 0.481 e.